The highest BCUT2D eigenvalue weighted by Crippen LogP contribution is 2.24. The largest absolute Gasteiger partial charge is 0.391 e. The van der Waals surface area contributed by atoms with Crippen LogP contribution in [0.25, 0.3) is 0 Å². The van der Waals surface area contributed by atoms with Crippen molar-refractivity contribution < 1.29 is 13.5 Å². The van der Waals surface area contributed by atoms with E-state index in [0.29, 0.717) is 18.0 Å². The summed E-state index contributed by atoms with van der Waals surface area (Å²) in [5.41, 5.74) is 0. The van der Waals surface area contributed by atoms with Crippen LogP contribution in [-0.4, -0.2) is 57.0 Å². The lowest BCUT2D eigenvalue weighted by Crippen LogP contribution is -2.33. The van der Waals surface area contributed by atoms with Crippen LogP contribution in [0.15, 0.2) is 16.3 Å². The molecule has 0 aliphatic heterocycles. The second-order valence-corrected chi connectivity index (χ2v) is 7.45. The molecule has 0 saturated carbocycles. The fraction of sp³-hybridized carbons (Fsp3) is 0.600. The zero-order valence-electron chi connectivity index (χ0n) is 10.3. The number of thiophene rings is 1. The molecular formula is C10H18N2O3S2. The Morgan fingerprint density at radius 1 is 1.24 bits per heavy atom. The first kappa shape index (κ1) is 14.6. The van der Waals surface area contributed by atoms with E-state index in [1.54, 1.807) is 13.1 Å². The molecule has 0 saturated heterocycles. The molecular weight excluding hydrogens is 260 g/mol. The first-order valence-electron chi connectivity index (χ1n) is 5.18. The Morgan fingerprint density at radius 3 is 2.35 bits per heavy atom. The fourth-order valence-electron chi connectivity index (χ4n) is 1.20. The maximum Gasteiger partial charge on any atom is 0.252 e. The van der Waals surface area contributed by atoms with Gasteiger partial charge in [0, 0.05) is 25.0 Å². The molecule has 0 aliphatic rings. The first-order valence-corrected chi connectivity index (χ1v) is 7.44. The van der Waals surface area contributed by atoms with Gasteiger partial charge in [-0.25, -0.2) is 8.42 Å². The summed E-state index contributed by atoms with van der Waals surface area (Å²) in [6.07, 6.45) is 0. The highest BCUT2D eigenvalue weighted by molar-refractivity contribution is 7.91. The molecule has 0 bridgehead atoms. The van der Waals surface area contributed by atoms with Crippen LogP contribution in [0.4, 0.5) is 0 Å². The van der Waals surface area contributed by atoms with Gasteiger partial charge in [0.1, 0.15) is 4.21 Å². The van der Waals surface area contributed by atoms with Crippen molar-refractivity contribution in [2.24, 2.45) is 0 Å². The van der Waals surface area contributed by atoms with Crippen molar-refractivity contribution in [2.45, 2.75) is 10.8 Å². The lowest BCUT2D eigenvalue weighted by molar-refractivity contribution is 0.285. The van der Waals surface area contributed by atoms with Crippen LogP contribution >= 0.6 is 11.3 Å². The van der Waals surface area contributed by atoms with Crippen LogP contribution < -0.4 is 0 Å². The van der Waals surface area contributed by atoms with E-state index in [1.807, 2.05) is 19.0 Å². The van der Waals surface area contributed by atoms with Crippen molar-refractivity contribution in [2.75, 3.05) is 34.2 Å². The zero-order valence-corrected chi connectivity index (χ0v) is 11.9. The zero-order chi connectivity index (χ0) is 13.1. The maximum atomic E-state index is 12.1. The molecule has 0 atom stereocenters. The smallest absolute Gasteiger partial charge is 0.252 e. The summed E-state index contributed by atoms with van der Waals surface area (Å²) in [7, 11) is 1.95. The predicted molar refractivity (Wildman–Crippen MR) is 68.6 cm³/mol. The minimum Gasteiger partial charge on any atom is -0.391 e. The Kier molecular flexibility index (Phi) is 5.08. The van der Waals surface area contributed by atoms with Gasteiger partial charge in [-0.2, -0.15) is 4.31 Å². The summed E-state index contributed by atoms with van der Waals surface area (Å²) >= 11 is 1.11. The minimum atomic E-state index is -3.41. The molecule has 1 heterocycles. The van der Waals surface area contributed by atoms with Crippen LogP contribution in [0.3, 0.4) is 0 Å². The number of sulfonamides is 1. The van der Waals surface area contributed by atoms with E-state index in [4.69, 9.17) is 5.11 Å². The lowest BCUT2D eigenvalue weighted by atomic mass is 10.5. The number of likely N-dealkylation sites (N-methyl/N-ethyl adjacent to an activating group) is 2. The Balaban J connectivity index is 2.79. The Labute approximate surface area is 106 Å². The normalized spacial score (nSPS) is 12.6. The maximum absolute atomic E-state index is 12.1. The standard InChI is InChI=1S/C10H18N2O3S2/c1-11(2)6-7-12(3)17(14,15)10-5-4-9(8-13)16-10/h4-5,13H,6-8H2,1-3H3. The molecule has 0 aliphatic carbocycles. The van der Waals surface area contributed by atoms with E-state index >= 15 is 0 Å². The lowest BCUT2D eigenvalue weighted by Gasteiger charge is -2.18. The number of nitrogens with zero attached hydrogens (tertiary/aromatic N) is 2. The first-order chi connectivity index (χ1) is 7.87. The SMILES string of the molecule is CN(C)CCN(C)S(=O)(=O)c1ccc(CO)s1. The van der Waals surface area contributed by atoms with Crippen molar-refractivity contribution in [3.63, 3.8) is 0 Å². The Bertz CT molecular complexity index is 454. The van der Waals surface area contributed by atoms with Gasteiger partial charge < -0.3 is 10.0 Å². The van der Waals surface area contributed by atoms with Gasteiger partial charge in [-0.1, -0.05) is 0 Å². The quantitative estimate of drug-likeness (QED) is 0.819. The number of aliphatic hydroxyl groups is 1. The van der Waals surface area contributed by atoms with Crippen LogP contribution in [0.5, 0.6) is 0 Å². The molecule has 1 aromatic heterocycles. The average molecular weight is 278 g/mol. The summed E-state index contributed by atoms with van der Waals surface area (Å²) in [5, 5.41) is 8.93. The summed E-state index contributed by atoms with van der Waals surface area (Å²) in [6.45, 7) is 0.997. The number of aliphatic hydroxyl groups excluding tert-OH is 1. The van der Waals surface area contributed by atoms with E-state index < -0.39 is 10.0 Å². The molecule has 1 aromatic rings. The van der Waals surface area contributed by atoms with Gasteiger partial charge >= 0.3 is 0 Å². The molecule has 98 valence electrons. The van der Waals surface area contributed by atoms with E-state index in [-0.39, 0.29) is 10.8 Å². The van der Waals surface area contributed by atoms with Gasteiger partial charge in [-0.3, -0.25) is 0 Å². The van der Waals surface area contributed by atoms with Crippen molar-refractivity contribution in [1.29, 1.82) is 0 Å². The molecule has 7 heteroatoms. The third-order valence-corrected chi connectivity index (χ3v) is 5.71. The third-order valence-electron chi connectivity index (χ3n) is 2.32. The molecule has 0 radical (unpaired) electrons. The molecule has 0 unspecified atom stereocenters. The molecule has 0 aromatic carbocycles. The summed E-state index contributed by atoms with van der Waals surface area (Å²) < 4.78 is 25.8. The van der Waals surface area contributed by atoms with Gasteiger partial charge in [0.25, 0.3) is 10.0 Å². The second kappa shape index (κ2) is 5.92. The molecule has 0 amide bonds. The molecule has 0 spiro atoms. The van der Waals surface area contributed by atoms with E-state index in [2.05, 4.69) is 0 Å². The van der Waals surface area contributed by atoms with E-state index in [1.165, 1.54) is 10.4 Å². The molecule has 17 heavy (non-hydrogen) atoms. The average Bonchev–Trinajstić information content (AvgIpc) is 2.74. The Hall–Kier alpha value is -0.470. The highest BCUT2D eigenvalue weighted by Gasteiger charge is 2.22. The number of hydrogen-bond acceptors (Lipinski definition) is 5. The van der Waals surface area contributed by atoms with Gasteiger partial charge in [0.15, 0.2) is 0 Å². The molecule has 1 N–H and O–H groups in total. The second-order valence-electron chi connectivity index (χ2n) is 4.01. The highest BCUT2D eigenvalue weighted by atomic mass is 32.2. The molecule has 1 rings (SSSR count). The van der Waals surface area contributed by atoms with Crippen molar-refractivity contribution in [1.82, 2.24) is 9.21 Å². The predicted octanol–water partition coefficient (Wildman–Crippen LogP) is 0.422. The number of rotatable bonds is 6. The van der Waals surface area contributed by atoms with Gasteiger partial charge in [-0.05, 0) is 26.2 Å². The van der Waals surface area contributed by atoms with Crippen LogP contribution in [-0.2, 0) is 16.6 Å². The Morgan fingerprint density at radius 2 is 1.88 bits per heavy atom. The molecule has 0 fully saturated rings. The third kappa shape index (κ3) is 3.75. The number of hydrogen-bond donors (Lipinski definition) is 1. The summed E-state index contributed by atoms with van der Waals surface area (Å²) in [6, 6.07) is 3.18. The van der Waals surface area contributed by atoms with Crippen molar-refractivity contribution in [3.8, 4) is 0 Å². The summed E-state index contributed by atoms with van der Waals surface area (Å²) in [5.74, 6) is 0. The van der Waals surface area contributed by atoms with E-state index in [9.17, 15) is 8.42 Å². The topological polar surface area (TPSA) is 60.9 Å². The minimum absolute atomic E-state index is 0.123. The van der Waals surface area contributed by atoms with Crippen molar-refractivity contribution >= 4 is 21.4 Å². The van der Waals surface area contributed by atoms with Crippen LogP contribution in [0, 0.1) is 0 Å². The fourth-order valence-corrected chi connectivity index (χ4v) is 3.78. The van der Waals surface area contributed by atoms with E-state index in [0.717, 1.165) is 11.3 Å². The van der Waals surface area contributed by atoms with Crippen LogP contribution in [0.2, 0.25) is 0 Å². The monoisotopic (exact) mass is 278 g/mol. The van der Waals surface area contributed by atoms with Gasteiger partial charge in [-0.15, -0.1) is 11.3 Å². The molecule has 5 nitrogen and oxygen atoms in total. The van der Waals surface area contributed by atoms with Gasteiger partial charge in [0.05, 0.1) is 6.61 Å². The van der Waals surface area contributed by atoms with Crippen molar-refractivity contribution in [3.05, 3.63) is 17.0 Å². The van der Waals surface area contributed by atoms with Crippen LogP contribution in [0.1, 0.15) is 4.88 Å². The summed E-state index contributed by atoms with van der Waals surface area (Å²) in [4.78, 5) is 2.59. The van der Waals surface area contributed by atoms with Gasteiger partial charge in [0.2, 0.25) is 0 Å².